The SMILES string of the molecule is CC1CCCCC12NC(=O)N(CC(=O)OCC(=O)N(C)CCC#N)C2=O. The van der Waals surface area contributed by atoms with E-state index in [2.05, 4.69) is 5.32 Å². The molecule has 0 aromatic heterocycles. The monoisotopic (exact) mass is 364 g/mol. The van der Waals surface area contributed by atoms with Crippen molar-refractivity contribution in [2.75, 3.05) is 26.7 Å². The number of likely N-dealkylation sites (N-methyl/N-ethyl adjacent to an activating group) is 1. The number of hydrogen-bond donors (Lipinski definition) is 1. The molecule has 2 fully saturated rings. The molecule has 1 N–H and O–H groups in total. The summed E-state index contributed by atoms with van der Waals surface area (Å²) in [6.45, 7) is 1.15. The summed E-state index contributed by atoms with van der Waals surface area (Å²) in [7, 11) is 1.50. The zero-order valence-electron chi connectivity index (χ0n) is 15.1. The van der Waals surface area contributed by atoms with E-state index in [4.69, 9.17) is 10.00 Å². The lowest BCUT2D eigenvalue weighted by Gasteiger charge is -2.36. The van der Waals surface area contributed by atoms with Crippen LogP contribution in [-0.4, -0.2) is 65.9 Å². The Bertz CT molecular complexity index is 644. The highest BCUT2D eigenvalue weighted by molar-refractivity contribution is 6.09. The van der Waals surface area contributed by atoms with Crippen molar-refractivity contribution in [1.82, 2.24) is 15.1 Å². The number of carbonyl (C=O) groups excluding carboxylic acids is 4. The first kappa shape index (κ1) is 19.7. The summed E-state index contributed by atoms with van der Waals surface area (Å²) in [6, 6.07) is 1.32. The van der Waals surface area contributed by atoms with Crippen molar-refractivity contribution in [2.24, 2.45) is 5.92 Å². The van der Waals surface area contributed by atoms with Gasteiger partial charge in [0.05, 0.1) is 12.5 Å². The van der Waals surface area contributed by atoms with Gasteiger partial charge in [0.25, 0.3) is 11.8 Å². The van der Waals surface area contributed by atoms with Crippen molar-refractivity contribution in [2.45, 2.75) is 44.6 Å². The summed E-state index contributed by atoms with van der Waals surface area (Å²) >= 11 is 0. The van der Waals surface area contributed by atoms with Crippen LogP contribution in [0.25, 0.3) is 0 Å². The lowest BCUT2D eigenvalue weighted by atomic mass is 9.73. The van der Waals surface area contributed by atoms with Crippen molar-refractivity contribution < 1.29 is 23.9 Å². The minimum Gasteiger partial charge on any atom is -0.454 e. The number of carbonyl (C=O) groups is 4. The third-order valence-electron chi connectivity index (χ3n) is 5.13. The Morgan fingerprint density at radius 2 is 2.15 bits per heavy atom. The van der Waals surface area contributed by atoms with Crippen LogP contribution < -0.4 is 5.32 Å². The van der Waals surface area contributed by atoms with Crippen LogP contribution in [0.2, 0.25) is 0 Å². The van der Waals surface area contributed by atoms with Crippen LogP contribution in [0.4, 0.5) is 4.79 Å². The zero-order chi connectivity index (χ0) is 19.3. The summed E-state index contributed by atoms with van der Waals surface area (Å²) < 4.78 is 4.88. The minimum atomic E-state index is -0.928. The Labute approximate surface area is 152 Å². The quantitative estimate of drug-likeness (QED) is 0.538. The van der Waals surface area contributed by atoms with Gasteiger partial charge in [-0.2, -0.15) is 5.26 Å². The number of hydrogen-bond acceptors (Lipinski definition) is 6. The molecule has 1 heterocycles. The van der Waals surface area contributed by atoms with Crippen molar-refractivity contribution in [3.05, 3.63) is 0 Å². The van der Waals surface area contributed by atoms with Gasteiger partial charge in [0.2, 0.25) is 0 Å². The number of amides is 4. The molecule has 26 heavy (non-hydrogen) atoms. The summed E-state index contributed by atoms with van der Waals surface area (Å²) in [5, 5.41) is 11.3. The lowest BCUT2D eigenvalue weighted by Crippen LogP contribution is -2.54. The third-order valence-corrected chi connectivity index (χ3v) is 5.13. The molecule has 9 nitrogen and oxygen atoms in total. The van der Waals surface area contributed by atoms with Gasteiger partial charge in [-0.15, -0.1) is 0 Å². The van der Waals surface area contributed by atoms with Gasteiger partial charge in [-0.05, 0) is 18.8 Å². The normalized spacial score (nSPS) is 25.0. The number of nitrogens with zero attached hydrogens (tertiary/aromatic N) is 3. The summed E-state index contributed by atoms with van der Waals surface area (Å²) in [5.74, 6) is -1.67. The Morgan fingerprint density at radius 3 is 2.81 bits per heavy atom. The van der Waals surface area contributed by atoms with E-state index in [-0.39, 0.29) is 18.9 Å². The molecule has 4 amide bonds. The predicted molar refractivity (Wildman–Crippen MR) is 89.4 cm³/mol. The Morgan fingerprint density at radius 1 is 1.42 bits per heavy atom. The number of urea groups is 1. The van der Waals surface area contributed by atoms with Crippen LogP contribution in [0.5, 0.6) is 0 Å². The molecule has 0 aromatic rings. The first-order valence-electron chi connectivity index (χ1n) is 8.72. The Hall–Kier alpha value is -2.63. The molecule has 2 atom stereocenters. The van der Waals surface area contributed by atoms with Crippen LogP contribution >= 0.6 is 0 Å². The molecular formula is C17H24N4O5. The van der Waals surface area contributed by atoms with Crippen molar-refractivity contribution in [3.8, 4) is 6.07 Å². The van der Waals surface area contributed by atoms with Crippen LogP contribution in [0.3, 0.4) is 0 Å². The van der Waals surface area contributed by atoms with E-state index in [1.165, 1.54) is 11.9 Å². The molecule has 1 saturated heterocycles. The fraction of sp³-hybridized carbons (Fsp3) is 0.706. The molecule has 1 spiro atoms. The molecule has 0 radical (unpaired) electrons. The van der Waals surface area contributed by atoms with E-state index in [0.29, 0.717) is 6.42 Å². The fourth-order valence-corrected chi connectivity index (χ4v) is 3.41. The van der Waals surface area contributed by atoms with Crippen molar-refractivity contribution in [3.63, 3.8) is 0 Å². The molecule has 2 unspecified atom stereocenters. The fourth-order valence-electron chi connectivity index (χ4n) is 3.41. The number of nitriles is 1. The highest BCUT2D eigenvalue weighted by Gasteiger charge is 2.55. The molecule has 0 aromatic carbocycles. The van der Waals surface area contributed by atoms with Gasteiger partial charge in [0, 0.05) is 13.6 Å². The van der Waals surface area contributed by atoms with E-state index in [1.54, 1.807) is 0 Å². The predicted octanol–water partition coefficient (Wildman–Crippen LogP) is 0.402. The van der Waals surface area contributed by atoms with Crippen LogP contribution in [0, 0.1) is 17.2 Å². The number of esters is 1. The second kappa shape index (κ2) is 8.17. The molecule has 2 aliphatic rings. The zero-order valence-corrected chi connectivity index (χ0v) is 15.1. The van der Waals surface area contributed by atoms with Crippen LogP contribution in [-0.2, 0) is 19.1 Å². The average Bonchev–Trinajstić information content (AvgIpc) is 2.85. The van der Waals surface area contributed by atoms with Crippen molar-refractivity contribution >= 4 is 23.8 Å². The molecule has 142 valence electrons. The van der Waals surface area contributed by atoms with Crippen molar-refractivity contribution in [1.29, 1.82) is 5.26 Å². The first-order chi connectivity index (χ1) is 12.3. The van der Waals surface area contributed by atoms with E-state index >= 15 is 0 Å². The number of ether oxygens (including phenoxy) is 1. The van der Waals surface area contributed by atoms with E-state index < -0.39 is 42.5 Å². The number of nitrogens with one attached hydrogen (secondary N) is 1. The second-order valence-electron chi connectivity index (χ2n) is 6.82. The molecule has 1 aliphatic heterocycles. The standard InChI is InChI=1S/C17H24N4O5/c1-12-6-3-4-7-17(12)15(24)21(16(25)19-17)10-14(23)26-11-13(22)20(2)9-5-8-18/h12H,3-7,9-11H2,1-2H3,(H,19,25). The third kappa shape index (κ3) is 3.95. The average molecular weight is 364 g/mol. The topological polar surface area (TPSA) is 120 Å². The van der Waals surface area contributed by atoms with E-state index in [1.807, 2.05) is 13.0 Å². The summed E-state index contributed by atoms with van der Waals surface area (Å²) in [5.41, 5.74) is -0.928. The number of rotatable bonds is 6. The van der Waals surface area contributed by atoms with Gasteiger partial charge in [0.15, 0.2) is 6.61 Å². The highest BCUT2D eigenvalue weighted by Crippen LogP contribution is 2.38. The summed E-state index contributed by atoms with van der Waals surface area (Å²) in [4.78, 5) is 50.8. The molecule has 1 aliphatic carbocycles. The molecule has 9 heteroatoms. The van der Waals surface area contributed by atoms with Gasteiger partial charge >= 0.3 is 12.0 Å². The maximum atomic E-state index is 12.7. The van der Waals surface area contributed by atoms with E-state index in [0.717, 1.165) is 24.2 Å². The van der Waals surface area contributed by atoms with Gasteiger partial charge in [-0.1, -0.05) is 19.8 Å². The molecule has 0 bridgehead atoms. The maximum absolute atomic E-state index is 12.7. The Balaban J connectivity index is 1.89. The Kier molecular flexibility index (Phi) is 6.18. The summed E-state index contributed by atoms with van der Waals surface area (Å²) in [6.07, 6.45) is 3.44. The van der Waals surface area contributed by atoms with Gasteiger partial charge in [0.1, 0.15) is 12.1 Å². The minimum absolute atomic E-state index is 0.00378. The molecular weight excluding hydrogens is 340 g/mol. The smallest absolute Gasteiger partial charge is 0.326 e. The first-order valence-corrected chi connectivity index (χ1v) is 8.72. The number of imide groups is 1. The lowest BCUT2D eigenvalue weighted by molar-refractivity contribution is -0.153. The highest BCUT2D eigenvalue weighted by atomic mass is 16.5. The van der Waals surface area contributed by atoms with Gasteiger partial charge in [-0.25, -0.2) is 4.79 Å². The molecule has 1 saturated carbocycles. The maximum Gasteiger partial charge on any atom is 0.326 e. The van der Waals surface area contributed by atoms with Gasteiger partial charge < -0.3 is 15.0 Å². The second-order valence-corrected chi connectivity index (χ2v) is 6.82. The molecule has 2 rings (SSSR count). The van der Waals surface area contributed by atoms with E-state index in [9.17, 15) is 19.2 Å². The largest absolute Gasteiger partial charge is 0.454 e. The van der Waals surface area contributed by atoms with Crippen LogP contribution in [0.15, 0.2) is 0 Å². The van der Waals surface area contributed by atoms with Crippen LogP contribution in [0.1, 0.15) is 39.0 Å². The van der Waals surface area contributed by atoms with Gasteiger partial charge in [-0.3, -0.25) is 19.3 Å².